The van der Waals surface area contributed by atoms with Gasteiger partial charge < -0.3 is 5.11 Å². The number of fused-ring (bicyclic) bond motifs is 2. The van der Waals surface area contributed by atoms with Crippen molar-refractivity contribution in [2.45, 2.75) is 50.8 Å². The molecule has 0 spiro atoms. The van der Waals surface area contributed by atoms with E-state index >= 15 is 0 Å². The zero-order valence-electron chi connectivity index (χ0n) is 8.53. The van der Waals surface area contributed by atoms with E-state index in [0.29, 0.717) is 6.04 Å². The van der Waals surface area contributed by atoms with Gasteiger partial charge in [-0.25, -0.2) is 0 Å². The van der Waals surface area contributed by atoms with Crippen LogP contribution in [0.5, 0.6) is 0 Å². The highest BCUT2D eigenvalue weighted by atomic mass is 16.3. The number of hydrogen-bond acceptors (Lipinski definition) is 2. The van der Waals surface area contributed by atoms with Crippen LogP contribution in [-0.2, 0) is 0 Å². The normalized spacial score (nSPS) is 37.0. The Kier molecular flexibility index (Phi) is 2.43. The first kappa shape index (κ1) is 9.22. The molecule has 3 atom stereocenters. The van der Waals surface area contributed by atoms with Gasteiger partial charge in [0.1, 0.15) is 0 Å². The summed E-state index contributed by atoms with van der Waals surface area (Å²) in [4.78, 5) is 2.45. The van der Waals surface area contributed by atoms with E-state index in [-0.39, 0.29) is 6.10 Å². The van der Waals surface area contributed by atoms with E-state index in [4.69, 9.17) is 0 Å². The lowest BCUT2D eigenvalue weighted by atomic mass is 9.96. The van der Waals surface area contributed by atoms with Gasteiger partial charge in [0.05, 0.1) is 6.10 Å². The number of aliphatic hydroxyl groups is 1. The van der Waals surface area contributed by atoms with Gasteiger partial charge in [-0.15, -0.1) is 0 Å². The number of nitrogens with zero attached hydrogens (tertiary/aromatic N) is 1. The molecule has 2 heterocycles. The molecule has 0 aromatic heterocycles. The van der Waals surface area contributed by atoms with Gasteiger partial charge in [0.15, 0.2) is 0 Å². The zero-order valence-corrected chi connectivity index (χ0v) is 8.53. The summed E-state index contributed by atoms with van der Waals surface area (Å²) in [5.74, 6) is 0. The first-order chi connectivity index (χ1) is 6.20. The lowest BCUT2D eigenvalue weighted by molar-refractivity contribution is 0.192. The fourth-order valence-electron chi connectivity index (χ4n) is 2.79. The van der Waals surface area contributed by atoms with Crippen LogP contribution in [0.2, 0.25) is 0 Å². The Morgan fingerprint density at radius 3 is 2.92 bits per heavy atom. The second-order valence-corrected chi connectivity index (χ2v) is 4.37. The highest BCUT2D eigenvalue weighted by Crippen LogP contribution is 2.34. The fourth-order valence-corrected chi connectivity index (χ4v) is 2.79. The van der Waals surface area contributed by atoms with Crippen LogP contribution in [0.4, 0.5) is 0 Å². The number of hydrogen-bond donors (Lipinski definition) is 1. The number of rotatable bonds is 1. The van der Waals surface area contributed by atoms with Crippen LogP contribution in [0.3, 0.4) is 0 Å². The van der Waals surface area contributed by atoms with Crippen LogP contribution < -0.4 is 0 Å². The molecule has 0 amide bonds. The van der Waals surface area contributed by atoms with Gasteiger partial charge in [-0.3, -0.25) is 4.90 Å². The molecule has 1 fully saturated rings. The van der Waals surface area contributed by atoms with Crippen LogP contribution in [0.1, 0.15) is 32.6 Å². The van der Waals surface area contributed by atoms with Crippen molar-refractivity contribution >= 4 is 0 Å². The van der Waals surface area contributed by atoms with Crippen molar-refractivity contribution < 1.29 is 5.11 Å². The van der Waals surface area contributed by atoms with E-state index in [1.54, 1.807) is 0 Å². The van der Waals surface area contributed by atoms with Gasteiger partial charge in [0.2, 0.25) is 0 Å². The highest BCUT2D eigenvalue weighted by molar-refractivity contribution is 5.19. The Labute approximate surface area is 80.2 Å². The molecule has 2 rings (SSSR count). The van der Waals surface area contributed by atoms with E-state index in [1.807, 2.05) is 6.92 Å². The monoisotopic (exact) mass is 181 g/mol. The van der Waals surface area contributed by atoms with Gasteiger partial charge in [-0.05, 0) is 45.2 Å². The maximum absolute atomic E-state index is 9.64. The van der Waals surface area contributed by atoms with Crippen molar-refractivity contribution in [1.29, 1.82) is 0 Å². The topological polar surface area (TPSA) is 23.5 Å². The summed E-state index contributed by atoms with van der Waals surface area (Å²) in [5.41, 5.74) is 1.25. The summed E-state index contributed by atoms with van der Waals surface area (Å²) in [5, 5.41) is 9.64. The van der Waals surface area contributed by atoms with Crippen molar-refractivity contribution in [3.63, 3.8) is 0 Å². The number of likely N-dealkylation sites (N-methyl/N-ethyl adjacent to an activating group) is 1. The molecule has 2 aliphatic heterocycles. The van der Waals surface area contributed by atoms with E-state index in [9.17, 15) is 5.11 Å². The Morgan fingerprint density at radius 2 is 2.23 bits per heavy atom. The van der Waals surface area contributed by atoms with Crippen LogP contribution in [0.25, 0.3) is 0 Å². The van der Waals surface area contributed by atoms with Crippen LogP contribution in [-0.4, -0.2) is 35.2 Å². The predicted octanol–water partition coefficient (Wildman–Crippen LogP) is 1.55. The summed E-state index contributed by atoms with van der Waals surface area (Å²) in [6.07, 6.45) is 6.95. The standard InChI is InChI=1S/C11H19NO/c1-8(13)10-5-3-4-9-6-7-11(10)12(9)2/h5,8-9,11,13H,3-4,6-7H2,1-2H3/t8-,9-,11-/m1/s1. The first-order valence-electron chi connectivity index (χ1n) is 5.30. The molecule has 0 unspecified atom stereocenters. The second-order valence-electron chi connectivity index (χ2n) is 4.37. The molecular weight excluding hydrogens is 162 g/mol. The Balaban J connectivity index is 2.22. The Morgan fingerprint density at radius 1 is 1.46 bits per heavy atom. The van der Waals surface area contributed by atoms with Gasteiger partial charge in [-0.2, -0.15) is 0 Å². The van der Waals surface area contributed by atoms with Crippen molar-refractivity contribution in [2.75, 3.05) is 7.05 Å². The number of aliphatic hydroxyl groups excluding tert-OH is 1. The third-order valence-electron chi connectivity index (χ3n) is 3.59. The lowest BCUT2D eigenvalue weighted by Crippen LogP contribution is -2.34. The van der Waals surface area contributed by atoms with E-state index in [1.165, 1.54) is 24.8 Å². The molecular formula is C11H19NO. The molecule has 0 aromatic carbocycles. The SMILES string of the molecule is C[C@@H](O)C1=CCC[C@@H]2CC[C@H]1N2C. The number of allylic oxidation sites excluding steroid dienone is 1. The van der Waals surface area contributed by atoms with Crippen molar-refractivity contribution in [3.05, 3.63) is 11.6 Å². The first-order valence-corrected chi connectivity index (χ1v) is 5.30. The average molecular weight is 181 g/mol. The Hall–Kier alpha value is -0.340. The molecule has 2 aliphatic rings. The quantitative estimate of drug-likeness (QED) is 0.620. The molecule has 0 aliphatic carbocycles. The molecule has 74 valence electrons. The second kappa shape index (κ2) is 3.43. The maximum atomic E-state index is 9.64. The minimum Gasteiger partial charge on any atom is -0.389 e. The summed E-state index contributed by atoms with van der Waals surface area (Å²) in [6, 6.07) is 1.28. The van der Waals surface area contributed by atoms with Gasteiger partial charge in [0, 0.05) is 12.1 Å². The molecule has 2 nitrogen and oxygen atoms in total. The summed E-state index contributed by atoms with van der Waals surface area (Å²) < 4.78 is 0. The van der Waals surface area contributed by atoms with Crippen LogP contribution >= 0.6 is 0 Å². The minimum atomic E-state index is -0.260. The van der Waals surface area contributed by atoms with Crippen LogP contribution in [0, 0.1) is 0 Å². The minimum absolute atomic E-state index is 0.260. The van der Waals surface area contributed by atoms with Gasteiger partial charge >= 0.3 is 0 Å². The molecule has 2 heteroatoms. The predicted molar refractivity (Wildman–Crippen MR) is 53.6 cm³/mol. The third kappa shape index (κ3) is 1.53. The zero-order chi connectivity index (χ0) is 9.42. The van der Waals surface area contributed by atoms with Crippen molar-refractivity contribution in [1.82, 2.24) is 4.90 Å². The Bertz CT molecular complexity index is 222. The van der Waals surface area contributed by atoms with Crippen molar-refractivity contribution in [3.8, 4) is 0 Å². The molecule has 1 saturated heterocycles. The van der Waals surface area contributed by atoms with E-state index in [2.05, 4.69) is 18.0 Å². The lowest BCUT2D eigenvalue weighted by Gasteiger charge is -2.26. The smallest absolute Gasteiger partial charge is 0.0737 e. The maximum Gasteiger partial charge on any atom is 0.0737 e. The molecule has 13 heavy (non-hydrogen) atoms. The van der Waals surface area contributed by atoms with Crippen LogP contribution in [0.15, 0.2) is 11.6 Å². The largest absolute Gasteiger partial charge is 0.389 e. The summed E-state index contributed by atoms with van der Waals surface area (Å²) in [7, 11) is 2.20. The van der Waals surface area contributed by atoms with Crippen molar-refractivity contribution in [2.24, 2.45) is 0 Å². The molecule has 0 aromatic rings. The van der Waals surface area contributed by atoms with Gasteiger partial charge in [0.25, 0.3) is 0 Å². The fraction of sp³-hybridized carbons (Fsp3) is 0.818. The van der Waals surface area contributed by atoms with E-state index in [0.717, 1.165) is 12.5 Å². The molecule has 2 bridgehead atoms. The molecule has 1 N–H and O–H groups in total. The molecule has 0 saturated carbocycles. The van der Waals surface area contributed by atoms with E-state index < -0.39 is 0 Å². The average Bonchev–Trinajstić information content (AvgIpc) is 2.26. The molecule has 0 radical (unpaired) electrons. The van der Waals surface area contributed by atoms with Gasteiger partial charge in [-0.1, -0.05) is 6.08 Å². The summed E-state index contributed by atoms with van der Waals surface area (Å²) >= 11 is 0. The highest BCUT2D eigenvalue weighted by Gasteiger charge is 2.35. The third-order valence-corrected chi connectivity index (χ3v) is 3.59. The summed E-state index contributed by atoms with van der Waals surface area (Å²) in [6.45, 7) is 1.89.